The normalized spacial score (nSPS) is 11.2. The summed E-state index contributed by atoms with van der Waals surface area (Å²) in [5.74, 6) is 0. The molecule has 0 amide bonds. The van der Waals surface area contributed by atoms with Crippen LogP contribution in [-0.2, 0) is 11.4 Å². The summed E-state index contributed by atoms with van der Waals surface area (Å²) in [6, 6.07) is 6.25. The van der Waals surface area contributed by atoms with E-state index in [2.05, 4.69) is 11.4 Å². The first-order chi connectivity index (χ1) is 7.25. The van der Waals surface area contributed by atoms with Crippen molar-refractivity contribution in [3.63, 3.8) is 0 Å². The van der Waals surface area contributed by atoms with Crippen LogP contribution in [0.3, 0.4) is 0 Å². The third-order valence-corrected chi connectivity index (χ3v) is 1.80. The molecule has 1 aromatic rings. The summed E-state index contributed by atoms with van der Waals surface area (Å²) in [4.78, 5) is 4.83. The summed E-state index contributed by atoms with van der Waals surface area (Å²) in [5.41, 5.74) is 0.443. The van der Waals surface area contributed by atoms with Gasteiger partial charge in [-0.2, -0.15) is 0 Å². The number of hydrogen-bond acceptors (Lipinski definition) is 2. The molecule has 0 spiro atoms. The Balaban J connectivity index is 2.63. The van der Waals surface area contributed by atoms with Gasteiger partial charge in [0.1, 0.15) is 12.8 Å². The minimum atomic E-state index is -2.48. The minimum Gasteiger partial charge on any atom is -0.391 e. The molecule has 1 radical (unpaired) electrons. The molecular formula is C11H12F2NO. The van der Waals surface area contributed by atoms with Gasteiger partial charge in [0.2, 0.25) is 0 Å². The summed E-state index contributed by atoms with van der Waals surface area (Å²) in [6.07, 6.45) is 0.735. The molecule has 0 saturated heterocycles. The summed E-state index contributed by atoms with van der Waals surface area (Å²) in [7, 11) is 0. The van der Waals surface area contributed by atoms with Gasteiger partial charge in [-0.15, -0.1) is 0 Å². The van der Waals surface area contributed by atoms with Crippen LogP contribution >= 0.6 is 0 Å². The fourth-order valence-electron chi connectivity index (χ4n) is 1.09. The van der Waals surface area contributed by atoms with Crippen LogP contribution in [0.5, 0.6) is 0 Å². The van der Waals surface area contributed by atoms with Gasteiger partial charge >= 0.3 is 0 Å². The van der Waals surface area contributed by atoms with Gasteiger partial charge in [0.25, 0.3) is 6.43 Å². The van der Waals surface area contributed by atoms with Gasteiger partial charge < -0.3 is 4.84 Å². The van der Waals surface area contributed by atoms with Crippen molar-refractivity contribution < 1.29 is 13.6 Å². The van der Waals surface area contributed by atoms with E-state index in [0.29, 0.717) is 12.0 Å². The molecule has 0 saturated carbocycles. The highest BCUT2D eigenvalue weighted by molar-refractivity contribution is 5.55. The van der Waals surface area contributed by atoms with Crippen molar-refractivity contribution in [3.05, 3.63) is 35.4 Å². The zero-order valence-electron chi connectivity index (χ0n) is 8.41. The second kappa shape index (κ2) is 6.11. The number of halogens is 2. The van der Waals surface area contributed by atoms with Crippen LogP contribution < -0.4 is 0 Å². The van der Waals surface area contributed by atoms with Crippen LogP contribution in [0.1, 0.15) is 30.9 Å². The first-order valence-corrected chi connectivity index (χ1v) is 4.66. The monoisotopic (exact) mass is 212 g/mol. The first-order valence-electron chi connectivity index (χ1n) is 4.66. The number of alkyl halides is 2. The van der Waals surface area contributed by atoms with Crippen LogP contribution in [0.2, 0.25) is 0 Å². The maximum Gasteiger partial charge on any atom is 0.264 e. The van der Waals surface area contributed by atoms with Crippen LogP contribution in [0, 0.1) is 0 Å². The number of hydrogen-bond donors (Lipinski definition) is 0. The molecule has 81 valence electrons. The van der Waals surface area contributed by atoms with E-state index in [1.807, 2.05) is 6.92 Å². The fourth-order valence-corrected chi connectivity index (χ4v) is 1.09. The van der Waals surface area contributed by atoms with Gasteiger partial charge in [-0.1, -0.05) is 36.3 Å². The van der Waals surface area contributed by atoms with Crippen molar-refractivity contribution >= 4 is 6.21 Å². The summed E-state index contributed by atoms with van der Waals surface area (Å²) < 4.78 is 25.0. The Morgan fingerprint density at radius 2 is 2.13 bits per heavy atom. The molecule has 0 unspecified atom stereocenters. The van der Waals surface area contributed by atoms with Crippen molar-refractivity contribution in [2.24, 2.45) is 5.16 Å². The molecule has 0 aromatic heterocycles. The predicted octanol–water partition coefficient (Wildman–Crippen LogP) is 3.41. The molecular weight excluding hydrogens is 200 g/mol. The topological polar surface area (TPSA) is 21.6 Å². The van der Waals surface area contributed by atoms with E-state index in [-0.39, 0.29) is 12.2 Å². The molecule has 0 aliphatic heterocycles. The Kier molecular flexibility index (Phi) is 4.74. The van der Waals surface area contributed by atoms with Crippen LogP contribution in [0.15, 0.2) is 29.4 Å². The second-order valence-electron chi connectivity index (χ2n) is 2.88. The third kappa shape index (κ3) is 3.65. The highest BCUT2D eigenvalue weighted by Gasteiger charge is 2.11. The van der Waals surface area contributed by atoms with E-state index in [9.17, 15) is 8.78 Å². The summed E-state index contributed by atoms with van der Waals surface area (Å²) in [6.45, 7) is 1.91. The predicted molar refractivity (Wildman–Crippen MR) is 53.9 cm³/mol. The van der Waals surface area contributed by atoms with Gasteiger partial charge in [-0.3, -0.25) is 0 Å². The lowest BCUT2D eigenvalue weighted by molar-refractivity contribution is 0.119. The second-order valence-corrected chi connectivity index (χ2v) is 2.88. The van der Waals surface area contributed by atoms with Crippen molar-refractivity contribution in [3.8, 4) is 0 Å². The summed E-state index contributed by atoms with van der Waals surface area (Å²) in [5, 5.41) is 3.49. The number of benzene rings is 1. The molecule has 0 N–H and O–H groups in total. The molecule has 15 heavy (non-hydrogen) atoms. The van der Waals surface area contributed by atoms with Crippen molar-refractivity contribution in [2.45, 2.75) is 26.4 Å². The average molecular weight is 212 g/mol. The van der Waals surface area contributed by atoms with Crippen molar-refractivity contribution in [1.82, 2.24) is 0 Å². The minimum absolute atomic E-state index is 0.0100. The molecule has 1 aromatic carbocycles. The van der Waals surface area contributed by atoms with Crippen LogP contribution in [-0.4, -0.2) is 6.21 Å². The Bertz CT molecular complexity index is 326. The molecule has 0 aliphatic carbocycles. The molecule has 0 fully saturated rings. The fraction of sp³-hybridized carbons (Fsp3) is 0.364. The maximum absolute atomic E-state index is 12.5. The smallest absolute Gasteiger partial charge is 0.264 e. The van der Waals surface area contributed by atoms with E-state index >= 15 is 0 Å². The van der Waals surface area contributed by atoms with Gasteiger partial charge in [-0.25, -0.2) is 8.78 Å². The molecule has 0 bridgehead atoms. The Labute approximate surface area is 87.6 Å². The largest absolute Gasteiger partial charge is 0.391 e. The quantitative estimate of drug-likeness (QED) is 0.541. The molecule has 0 heterocycles. The maximum atomic E-state index is 12.5. The number of rotatable bonds is 5. The Hall–Kier alpha value is -1.45. The Morgan fingerprint density at radius 3 is 2.80 bits per heavy atom. The average Bonchev–Trinajstić information content (AvgIpc) is 2.25. The standard InChI is InChI=1S/C11H12F2NO/c1-2-7-14-15-8-9-5-3-4-6-10(9)11(12)13/h3-6,11H,2,8H2,1H3. The Morgan fingerprint density at radius 1 is 1.40 bits per heavy atom. The van der Waals surface area contributed by atoms with Gasteiger partial charge in [-0.05, 0) is 6.42 Å². The molecule has 2 nitrogen and oxygen atoms in total. The van der Waals surface area contributed by atoms with Gasteiger partial charge in [0.05, 0.1) is 0 Å². The first kappa shape index (κ1) is 11.6. The zero-order chi connectivity index (χ0) is 11.1. The lowest BCUT2D eigenvalue weighted by atomic mass is 10.1. The SMILES string of the molecule is CC/[C]=N\OCc1ccccc1C(F)F. The van der Waals surface area contributed by atoms with Gasteiger partial charge in [0.15, 0.2) is 0 Å². The molecule has 4 heteroatoms. The lowest BCUT2D eigenvalue weighted by Gasteiger charge is -2.06. The van der Waals surface area contributed by atoms with Crippen LogP contribution in [0.25, 0.3) is 0 Å². The van der Waals surface area contributed by atoms with E-state index in [1.54, 1.807) is 18.2 Å². The van der Waals surface area contributed by atoms with E-state index in [1.165, 1.54) is 6.07 Å². The lowest BCUT2D eigenvalue weighted by Crippen LogP contribution is -1.95. The molecule has 0 aliphatic rings. The summed E-state index contributed by atoms with van der Waals surface area (Å²) >= 11 is 0. The zero-order valence-corrected chi connectivity index (χ0v) is 8.41. The molecule has 1 rings (SSSR count). The highest BCUT2D eigenvalue weighted by Crippen LogP contribution is 2.23. The van der Waals surface area contributed by atoms with E-state index in [0.717, 1.165) is 0 Å². The van der Waals surface area contributed by atoms with E-state index in [4.69, 9.17) is 4.84 Å². The van der Waals surface area contributed by atoms with Crippen molar-refractivity contribution in [2.75, 3.05) is 0 Å². The van der Waals surface area contributed by atoms with Crippen LogP contribution in [0.4, 0.5) is 8.78 Å². The molecule has 0 atom stereocenters. The van der Waals surface area contributed by atoms with E-state index < -0.39 is 6.43 Å². The number of nitrogens with zero attached hydrogens (tertiary/aromatic N) is 1. The highest BCUT2D eigenvalue weighted by atomic mass is 19.3. The van der Waals surface area contributed by atoms with Gasteiger partial charge in [0, 0.05) is 11.1 Å². The third-order valence-electron chi connectivity index (χ3n) is 1.80. The van der Waals surface area contributed by atoms with Crippen molar-refractivity contribution in [1.29, 1.82) is 0 Å².